The van der Waals surface area contributed by atoms with E-state index in [-0.39, 0.29) is 0 Å². The van der Waals surface area contributed by atoms with Crippen LogP contribution in [0.3, 0.4) is 0 Å². The number of hydrogen-bond donors (Lipinski definition) is 1. The highest BCUT2D eigenvalue weighted by molar-refractivity contribution is 9.10. The number of rotatable bonds is 2. The molecule has 0 fully saturated rings. The van der Waals surface area contributed by atoms with Crippen LogP contribution in [0.25, 0.3) is 10.2 Å². The number of aromatic nitrogens is 1. The second kappa shape index (κ2) is 4.71. The molecule has 0 atom stereocenters. The molecule has 90 valence electrons. The third-order valence-corrected chi connectivity index (χ3v) is 4.48. The fraction of sp³-hybridized carbons (Fsp3) is 0.0714. The topological polar surface area (TPSA) is 24.9 Å². The average Bonchev–Trinajstić information content (AvgIpc) is 2.72. The first-order chi connectivity index (χ1) is 8.72. The molecule has 4 heteroatoms. The molecule has 2 nitrogen and oxygen atoms in total. The van der Waals surface area contributed by atoms with Gasteiger partial charge in [0.25, 0.3) is 0 Å². The molecule has 0 radical (unpaired) electrons. The molecule has 0 aliphatic rings. The minimum atomic E-state index is 0.925. The lowest BCUT2D eigenvalue weighted by atomic mass is 10.2. The van der Waals surface area contributed by atoms with Crippen molar-refractivity contribution in [2.75, 3.05) is 5.32 Å². The molecular formula is C14H11BrN2S. The van der Waals surface area contributed by atoms with E-state index in [0.717, 1.165) is 20.8 Å². The Kier molecular flexibility index (Phi) is 3.06. The molecule has 3 rings (SSSR count). The lowest BCUT2D eigenvalue weighted by Crippen LogP contribution is -1.87. The standard InChI is InChI=1S/C14H11BrN2S/c1-9-7-12-13(8-11(9)15)18-14(17-12)16-10-5-3-2-4-6-10/h2-8H,1H3,(H,16,17). The van der Waals surface area contributed by atoms with Crippen LogP contribution >= 0.6 is 27.3 Å². The largest absolute Gasteiger partial charge is 0.332 e. The van der Waals surface area contributed by atoms with Crippen molar-refractivity contribution >= 4 is 48.3 Å². The molecule has 2 aromatic carbocycles. The van der Waals surface area contributed by atoms with E-state index < -0.39 is 0 Å². The Morgan fingerprint density at radius 2 is 1.94 bits per heavy atom. The Hall–Kier alpha value is -1.39. The van der Waals surface area contributed by atoms with Crippen LogP contribution in [0.15, 0.2) is 46.9 Å². The van der Waals surface area contributed by atoms with Gasteiger partial charge in [0, 0.05) is 10.2 Å². The molecule has 0 aliphatic carbocycles. The molecular weight excluding hydrogens is 308 g/mol. The molecule has 0 saturated carbocycles. The summed E-state index contributed by atoms with van der Waals surface area (Å²) in [5.74, 6) is 0. The van der Waals surface area contributed by atoms with Crippen LogP contribution in [0.2, 0.25) is 0 Å². The molecule has 0 saturated heterocycles. The predicted molar refractivity (Wildman–Crippen MR) is 81.8 cm³/mol. The van der Waals surface area contributed by atoms with E-state index >= 15 is 0 Å². The van der Waals surface area contributed by atoms with Crippen molar-refractivity contribution in [1.29, 1.82) is 0 Å². The Labute approximate surface area is 118 Å². The fourth-order valence-electron chi connectivity index (χ4n) is 1.75. The minimum Gasteiger partial charge on any atom is -0.332 e. The van der Waals surface area contributed by atoms with Gasteiger partial charge in [-0.1, -0.05) is 45.5 Å². The van der Waals surface area contributed by atoms with Crippen LogP contribution in [0, 0.1) is 6.92 Å². The van der Waals surface area contributed by atoms with Gasteiger partial charge < -0.3 is 5.32 Å². The van der Waals surface area contributed by atoms with Crippen molar-refractivity contribution in [3.8, 4) is 0 Å². The van der Waals surface area contributed by atoms with Crippen molar-refractivity contribution in [2.45, 2.75) is 6.92 Å². The van der Waals surface area contributed by atoms with Crippen LogP contribution in [-0.4, -0.2) is 4.98 Å². The van der Waals surface area contributed by atoms with Crippen molar-refractivity contribution in [3.05, 3.63) is 52.5 Å². The van der Waals surface area contributed by atoms with Crippen molar-refractivity contribution < 1.29 is 0 Å². The van der Waals surface area contributed by atoms with Gasteiger partial charge in [0.2, 0.25) is 0 Å². The third kappa shape index (κ3) is 2.26. The number of nitrogens with one attached hydrogen (secondary N) is 1. The van der Waals surface area contributed by atoms with E-state index in [4.69, 9.17) is 0 Å². The van der Waals surface area contributed by atoms with Gasteiger partial charge in [-0.25, -0.2) is 4.98 Å². The van der Waals surface area contributed by atoms with Gasteiger partial charge in [-0.2, -0.15) is 0 Å². The lowest BCUT2D eigenvalue weighted by molar-refractivity contribution is 1.41. The molecule has 3 aromatic rings. The van der Waals surface area contributed by atoms with Gasteiger partial charge in [0.15, 0.2) is 5.13 Å². The molecule has 0 spiro atoms. The smallest absolute Gasteiger partial charge is 0.188 e. The van der Waals surface area contributed by atoms with Gasteiger partial charge >= 0.3 is 0 Å². The number of aryl methyl sites for hydroxylation is 1. The summed E-state index contributed by atoms with van der Waals surface area (Å²) in [7, 11) is 0. The highest BCUT2D eigenvalue weighted by Crippen LogP contribution is 2.31. The van der Waals surface area contributed by atoms with Gasteiger partial charge in [-0.15, -0.1) is 0 Å². The number of hydrogen-bond acceptors (Lipinski definition) is 3. The summed E-state index contributed by atoms with van der Waals surface area (Å²) in [5, 5.41) is 4.25. The summed E-state index contributed by atoms with van der Waals surface area (Å²) in [4.78, 5) is 4.60. The molecule has 1 N–H and O–H groups in total. The van der Waals surface area contributed by atoms with Crippen LogP contribution in [0.4, 0.5) is 10.8 Å². The fourth-order valence-corrected chi connectivity index (χ4v) is 3.15. The minimum absolute atomic E-state index is 0.925. The first kappa shape index (κ1) is 11.7. The van der Waals surface area contributed by atoms with Crippen molar-refractivity contribution in [1.82, 2.24) is 4.98 Å². The second-order valence-electron chi connectivity index (χ2n) is 4.08. The van der Waals surface area contributed by atoms with Crippen LogP contribution < -0.4 is 5.32 Å². The molecule has 0 unspecified atom stereocenters. The van der Waals surface area contributed by atoms with Crippen LogP contribution in [-0.2, 0) is 0 Å². The highest BCUT2D eigenvalue weighted by Gasteiger charge is 2.06. The zero-order valence-corrected chi connectivity index (χ0v) is 12.2. The Bertz CT molecular complexity index is 653. The number of thiazole rings is 1. The summed E-state index contributed by atoms with van der Waals surface area (Å²) in [6.07, 6.45) is 0. The Balaban J connectivity index is 1.99. The first-order valence-electron chi connectivity index (χ1n) is 5.61. The number of halogens is 1. The summed E-state index contributed by atoms with van der Waals surface area (Å²) in [6.45, 7) is 2.08. The summed E-state index contributed by atoms with van der Waals surface area (Å²) in [6, 6.07) is 14.3. The van der Waals surface area contributed by atoms with E-state index in [1.165, 1.54) is 10.3 Å². The van der Waals surface area contributed by atoms with E-state index in [9.17, 15) is 0 Å². The molecule has 0 amide bonds. The van der Waals surface area contributed by atoms with E-state index in [0.29, 0.717) is 0 Å². The Morgan fingerprint density at radius 1 is 1.17 bits per heavy atom. The molecule has 1 aromatic heterocycles. The number of para-hydroxylation sites is 1. The van der Waals surface area contributed by atoms with Crippen molar-refractivity contribution in [2.24, 2.45) is 0 Å². The van der Waals surface area contributed by atoms with Crippen LogP contribution in [0.5, 0.6) is 0 Å². The molecule has 0 aliphatic heterocycles. The predicted octanol–water partition coefficient (Wildman–Crippen LogP) is 5.11. The first-order valence-corrected chi connectivity index (χ1v) is 7.22. The van der Waals surface area contributed by atoms with E-state index in [2.05, 4.69) is 45.3 Å². The number of nitrogens with zero attached hydrogens (tertiary/aromatic N) is 1. The third-order valence-electron chi connectivity index (χ3n) is 2.69. The zero-order valence-electron chi connectivity index (χ0n) is 9.77. The SMILES string of the molecule is Cc1cc2nc(Nc3ccccc3)sc2cc1Br. The number of benzene rings is 2. The quantitative estimate of drug-likeness (QED) is 0.710. The maximum Gasteiger partial charge on any atom is 0.188 e. The van der Waals surface area contributed by atoms with Crippen molar-refractivity contribution in [3.63, 3.8) is 0 Å². The van der Waals surface area contributed by atoms with E-state index in [1.54, 1.807) is 11.3 Å². The van der Waals surface area contributed by atoms with Gasteiger partial charge in [0.1, 0.15) is 0 Å². The number of fused-ring (bicyclic) bond motifs is 1. The van der Waals surface area contributed by atoms with Gasteiger partial charge in [-0.3, -0.25) is 0 Å². The number of anilines is 2. The zero-order chi connectivity index (χ0) is 12.5. The van der Waals surface area contributed by atoms with E-state index in [1.807, 2.05) is 30.3 Å². The van der Waals surface area contributed by atoms with Gasteiger partial charge in [0.05, 0.1) is 10.2 Å². The summed E-state index contributed by atoms with van der Waals surface area (Å²) < 4.78 is 2.32. The molecule has 0 bridgehead atoms. The average molecular weight is 319 g/mol. The monoisotopic (exact) mass is 318 g/mol. The normalized spacial score (nSPS) is 10.8. The summed E-state index contributed by atoms with van der Waals surface area (Å²) >= 11 is 5.21. The Morgan fingerprint density at radius 3 is 2.72 bits per heavy atom. The molecule has 1 heterocycles. The molecule has 18 heavy (non-hydrogen) atoms. The second-order valence-corrected chi connectivity index (χ2v) is 5.96. The maximum absolute atomic E-state index is 4.60. The van der Waals surface area contributed by atoms with Gasteiger partial charge in [-0.05, 0) is 36.8 Å². The summed E-state index contributed by atoms with van der Waals surface area (Å²) in [5.41, 5.74) is 3.31. The van der Waals surface area contributed by atoms with Crippen LogP contribution in [0.1, 0.15) is 5.56 Å². The maximum atomic E-state index is 4.60. The highest BCUT2D eigenvalue weighted by atomic mass is 79.9. The lowest BCUT2D eigenvalue weighted by Gasteiger charge is -1.99.